The Kier molecular flexibility index (Phi) is 6.49. The fourth-order valence-electron chi connectivity index (χ4n) is 2.92. The van der Waals surface area contributed by atoms with Crippen LogP contribution in [0.4, 0.5) is 24.8 Å². The highest BCUT2D eigenvalue weighted by Gasteiger charge is 2.31. The summed E-state index contributed by atoms with van der Waals surface area (Å²) in [6.45, 7) is 1.78. The van der Waals surface area contributed by atoms with Crippen LogP contribution in [-0.2, 0) is 9.53 Å². The van der Waals surface area contributed by atoms with Crippen LogP contribution >= 0.6 is 0 Å². The largest absolute Gasteiger partial charge is 0.573 e. The lowest BCUT2D eigenvalue weighted by atomic mass is 10.1. The van der Waals surface area contributed by atoms with Crippen molar-refractivity contribution in [3.05, 3.63) is 42.0 Å². The van der Waals surface area contributed by atoms with Gasteiger partial charge in [0.2, 0.25) is 0 Å². The zero-order chi connectivity index (χ0) is 20.9. The molecular weight excluding hydrogens is 391 g/mol. The smallest absolute Gasteiger partial charge is 0.406 e. The highest BCUT2D eigenvalue weighted by Crippen LogP contribution is 2.27. The quantitative estimate of drug-likeness (QED) is 0.644. The van der Waals surface area contributed by atoms with Crippen molar-refractivity contribution < 1.29 is 27.4 Å². The Labute approximate surface area is 164 Å². The van der Waals surface area contributed by atoms with E-state index in [-0.39, 0.29) is 17.4 Å². The van der Waals surface area contributed by atoms with Gasteiger partial charge in [-0.1, -0.05) is 12.1 Å². The molecule has 0 bridgehead atoms. The van der Waals surface area contributed by atoms with Gasteiger partial charge in [0.15, 0.2) is 11.9 Å². The average molecular weight is 411 g/mol. The van der Waals surface area contributed by atoms with E-state index in [1.165, 1.54) is 19.2 Å². The van der Waals surface area contributed by atoms with Crippen LogP contribution in [0.5, 0.6) is 5.75 Å². The van der Waals surface area contributed by atoms with E-state index in [9.17, 15) is 18.0 Å². The Morgan fingerprint density at radius 2 is 2.00 bits per heavy atom. The number of hydrogen-bond acceptors (Lipinski definition) is 7. The monoisotopic (exact) mass is 411 g/mol. The highest BCUT2D eigenvalue weighted by atomic mass is 19.4. The second-order valence-electron chi connectivity index (χ2n) is 6.36. The van der Waals surface area contributed by atoms with Crippen molar-refractivity contribution in [2.24, 2.45) is 0 Å². The molecule has 0 radical (unpaired) electrons. The second-order valence-corrected chi connectivity index (χ2v) is 6.36. The molecule has 156 valence electrons. The molecule has 1 aromatic heterocycles. The number of anilines is 2. The van der Waals surface area contributed by atoms with Crippen LogP contribution in [0.3, 0.4) is 0 Å². The summed E-state index contributed by atoms with van der Waals surface area (Å²) in [6.07, 6.45) is -5.01. The summed E-state index contributed by atoms with van der Waals surface area (Å²) >= 11 is 0. The molecule has 0 aliphatic carbocycles. The normalized spacial score (nSPS) is 17.6. The number of alkyl halides is 3. The third-order valence-corrected chi connectivity index (χ3v) is 4.20. The average Bonchev–Trinajstić information content (AvgIpc) is 3.16. The second kappa shape index (κ2) is 9.05. The van der Waals surface area contributed by atoms with E-state index in [1.807, 2.05) is 0 Å². The molecule has 8 nitrogen and oxygen atoms in total. The fourth-order valence-corrected chi connectivity index (χ4v) is 2.92. The van der Waals surface area contributed by atoms with E-state index in [0.717, 1.165) is 31.6 Å². The van der Waals surface area contributed by atoms with Crippen LogP contribution < -0.4 is 20.7 Å². The number of aromatic nitrogens is 2. The van der Waals surface area contributed by atoms with Crippen LogP contribution in [0.2, 0.25) is 0 Å². The van der Waals surface area contributed by atoms with Crippen molar-refractivity contribution in [3.8, 4) is 5.75 Å². The van der Waals surface area contributed by atoms with Crippen LogP contribution in [0.15, 0.2) is 36.4 Å². The molecule has 1 aliphatic heterocycles. The number of rotatable bonds is 7. The van der Waals surface area contributed by atoms with Crippen LogP contribution in [0.25, 0.3) is 0 Å². The van der Waals surface area contributed by atoms with Crippen LogP contribution in [0, 0.1) is 0 Å². The maximum Gasteiger partial charge on any atom is 0.573 e. The molecule has 2 unspecified atom stereocenters. The lowest BCUT2D eigenvalue weighted by molar-refractivity contribution is -0.274. The number of amides is 1. The molecule has 1 aliphatic rings. The molecule has 1 aromatic carbocycles. The number of ether oxygens (including phenoxy) is 2. The molecule has 11 heteroatoms. The number of carbonyl (C=O) groups excluding carboxylic acids is 1. The molecule has 0 spiro atoms. The van der Waals surface area contributed by atoms with Gasteiger partial charge in [-0.05, 0) is 42.8 Å². The fraction of sp³-hybridized carbons (Fsp3) is 0.389. The first-order chi connectivity index (χ1) is 13.8. The van der Waals surface area contributed by atoms with Crippen molar-refractivity contribution in [1.29, 1.82) is 0 Å². The van der Waals surface area contributed by atoms with Gasteiger partial charge < -0.3 is 25.4 Å². The molecule has 3 N–H and O–H groups in total. The van der Waals surface area contributed by atoms with E-state index in [4.69, 9.17) is 4.74 Å². The zero-order valence-electron chi connectivity index (χ0n) is 15.5. The summed E-state index contributed by atoms with van der Waals surface area (Å²) in [5, 5.41) is 17.0. The number of nitrogens with zero attached hydrogens (tertiary/aromatic N) is 2. The van der Waals surface area contributed by atoms with Gasteiger partial charge in [-0.25, -0.2) is 0 Å². The van der Waals surface area contributed by atoms with Gasteiger partial charge in [0.1, 0.15) is 11.6 Å². The van der Waals surface area contributed by atoms with Crippen molar-refractivity contribution in [1.82, 2.24) is 15.5 Å². The number of halogens is 3. The molecule has 0 saturated carbocycles. The van der Waals surface area contributed by atoms with Gasteiger partial charge >= 0.3 is 6.36 Å². The van der Waals surface area contributed by atoms with E-state index in [1.54, 1.807) is 12.1 Å². The van der Waals surface area contributed by atoms with Crippen molar-refractivity contribution in [2.75, 3.05) is 30.8 Å². The summed E-state index contributed by atoms with van der Waals surface area (Å²) in [5.74, 6) is -0.278. The van der Waals surface area contributed by atoms with Crippen LogP contribution in [-0.4, -0.2) is 48.7 Å². The van der Waals surface area contributed by atoms with Gasteiger partial charge in [-0.2, -0.15) is 0 Å². The summed E-state index contributed by atoms with van der Waals surface area (Å²) in [5.41, 5.74) is 0.201. The molecule has 1 amide bonds. The van der Waals surface area contributed by atoms with Gasteiger partial charge in [0.05, 0.1) is 0 Å². The number of nitrogens with one attached hydrogen (secondary N) is 3. The van der Waals surface area contributed by atoms with Gasteiger partial charge in [-0.3, -0.25) is 4.79 Å². The molecule has 2 aromatic rings. The van der Waals surface area contributed by atoms with E-state index in [0.29, 0.717) is 5.82 Å². The predicted octanol–water partition coefficient (Wildman–Crippen LogP) is 2.48. The summed E-state index contributed by atoms with van der Waals surface area (Å²) in [6, 6.07) is 8.56. The predicted molar refractivity (Wildman–Crippen MR) is 98.4 cm³/mol. The Morgan fingerprint density at radius 3 is 2.62 bits per heavy atom. The Morgan fingerprint density at radius 1 is 1.24 bits per heavy atom. The Bertz CT molecular complexity index is 826. The first-order valence-electron chi connectivity index (χ1n) is 8.84. The standard InChI is InChI=1S/C18H20F3N5O3/c1-28-16(11-3-2-4-13(9-11)29-18(19,20)21)17(27)24-15-6-5-14(25-26-15)23-12-7-8-22-10-12/h2-6,9,12,16,22H,7-8,10H2,1H3,(H,23,25)(H,24,26,27). The molecule has 29 heavy (non-hydrogen) atoms. The number of carbonyl (C=O) groups is 1. The molecule has 1 fully saturated rings. The first-order valence-corrected chi connectivity index (χ1v) is 8.84. The van der Waals surface area contributed by atoms with Crippen LogP contribution in [0.1, 0.15) is 18.1 Å². The Hall–Kier alpha value is -2.92. The van der Waals surface area contributed by atoms with E-state index < -0.39 is 24.1 Å². The zero-order valence-corrected chi connectivity index (χ0v) is 15.5. The minimum atomic E-state index is -4.83. The molecule has 2 atom stereocenters. The number of hydrogen-bond donors (Lipinski definition) is 3. The molecule has 2 heterocycles. The van der Waals surface area contributed by atoms with Gasteiger partial charge in [-0.15, -0.1) is 23.4 Å². The van der Waals surface area contributed by atoms with Crippen molar-refractivity contribution >= 4 is 17.5 Å². The SMILES string of the molecule is COC(C(=O)Nc1ccc(NC2CCNC2)nn1)c1cccc(OC(F)(F)F)c1. The highest BCUT2D eigenvalue weighted by molar-refractivity contribution is 5.94. The van der Waals surface area contributed by atoms with Crippen molar-refractivity contribution in [3.63, 3.8) is 0 Å². The Balaban J connectivity index is 1.64. The minimum absolute atomic E-state index is 0.190. The van der Waals surface area contributed by atoms with Gasteiger partial charge in [0, 0.05) is 19.7 Å². The lowest BCUT2D eigenvalue weighted by Gasteiger charge is -2.17. The maximum absolute atomic E-state index is 12.5. The summed E-state index contributed by atoms with van der Waals surface area (Å²) in [4.78, 5) is 12.5. The molecule has 1 saturated heterocycles. The first kappa shape index (κ1) is 20.8. The molecular formula is C18H20F3N5O3. The third-order valence-electron chi connectivity index (χ3n) is 4.20. The minimum Gasteiger partial charge on any atom is -0.406 e. The van der Waals surface area contributed by atoms with E-state index in [2.05, 4.69) is 30.9 Å². The third kappa shape index (κ3) is 6.03. The van der Waals surface area contributed by atoms with E-state index >= 15 is 0 Å². The van der Waals surface area contributed by atoms with Gasteiger partial charge in [0.25, 0.3) is 5.91 Å². The lowest BCUT2D eigenvalue weighted by Crippen LogP contribution is -2.24. The molecule has 3 rings (SSSR count). The van der Waals surface area contributed by atoms with Crippen molar-refractivity contribution in [2.45, 2.75) is 24.9 Å². The number of methoxy groups -OCH3 is 1. The topological polar surface area (TPSA) is 97.4 Å². The summed E-state index contributed by atoms with van der Waals surface area (Å²) < 4.78 is 46.3. The number of benzene rings is 1. The maximum atomic E-state index is 12.5. The summed E-state index contributed by atoms with van der Waals surface area (Å²) in [7, 11) is 1.27.